The Kier molecular flexibility index (Phi) is 8.89. The van der Waals surface area contributed by atoms with Crippen LogP contribution in [0.15, 0.2) is 77.7 Å². The molecule has 0 aliphatic heterocycles. The minimum absolute atomic E-state index is 0.0443. The molecule has 2 N–H and O–H groups in total. The van der Waals surface area contributed by atoms with E-state index in [2.05, 4.69) is 10.6 Å². The molecule has 3 aromatic rings. The van der Waals surface area contributed by atoms with Crippen molar-refractivity contribution in [1.29, 1.82) is 0 Å². The third-order valence-corrected chi connectivity index (χ3v) is 7.57. The van der Waals surface area contributed by atoms with Crippen LogP contribution in [-0.4, -0.2) is 33.3 Å². The number of carbonyl (C=O) groups is 2. The van der Waals surface area contributed by atoms with E-state index in [4.69, 9.17) is 11.6 Å². The molecule has 9 heteroatoms. The van der Waals surface area contributed by atoms with Crippen molar-refractivity contribution in [3.63, 3.8) is 0 Å². The molecule has 0 saturated carbocycles. The molecule has 0 bridgehead atoms. The van der Waals surface area contributed by atoms with Gasteiger partial charge in [-0.15, -0.1) is 0 Å². The first kappa shape index (κ1) is 26.2. The Morgan fingerprint density at radius 2 is 1.63 bits per heavy atom. The van der Waals surface area contributed by atoms with Gasteiger partial charge >= 0.3 is 0 Å². The number of halogens is 1. The predicted molar refractivity (Wildman–Crippen MR) is 139 cm³/mol. The summed E-state index contributed by atoms with van der Waals surface area (Å²) in [5.41, 5.74) is 1.42. The fourth-order valence-corrected chi connectivity index (χ4v) is 5.14. The Bertz CT molecular complexity index is 1300. The monoisotopic (exact) mass is 513 g/mol. The highest BCUT2D eigenvalue weighted by Gasteiger charge is 2.29. The molecule has 0 aliphatic rings. The molecule has 0 spiro atoms. The number of hydrogen-bond donors (Lipinski definition) is 2. The van der Waals surface area contributed by atoms with E-state index in [-0.39, 0.29) is 10.8 Å². The van der Waals surface area contributed by atoms with Crippen LogP contribution in [0.4, 0.5) is 11.4 Å². The van der Waals surface area contributed by atoms with Crippen LogP contribution < -0.4 is 14.9 Å². The molecule has 0 heterocycles. The molecule has 3 aromatic carbocycles. The summed E-state index contributed by atoms with van der Waals surface area (Å²) in [5.74, 6) is -0.911. The van der Waals surface area contributed by atoms with Gasteiger partial charge < -0.3 is 10.6 Å². The standard InChI is InChI=1S/C26H28ClN3O4S/c1-3-4-17-28-26(32)21-13-8-9-15-23(21)29-25(31)18-30(24-16-10-14-22(27)19(24)2)35(33,34)20-11-6-5-7-12-20/h5-16H,3-4,17-18H2,1-2H3,(H,28,32)(H,29,31). The van der Waals surface area contributed by atoms with Crippen molar-refractivity contribution in [2.24, 2.45) is 0 Å². The SMILES string of the molecule is CCCCNC(=O)c1ccccc1NC(=O)CN(c1cccc(Cl)c1C)S(=O)(=O)c1ccccc1. The average molecular weight is 514 g/mol. The van der Waals surface area contributed by atoms with E-state index >= 15 is 0 Å². The number of sulfonamides is 1. The average Bonchev–Trinajstić information content (AvgIpc) is 2.85. The largest absolute Gasteiger partial charge is 0.352 e. The van der Waals surface area contributed by atoms with Crippen LogP contribution in [0.2, 0.25) is 5.02 Å². The predicted octanol–water partition coefficient (Wildman–Crippen LogP) is 5.01. The first-order valence-corrected chi connectivity index (χ1v) is 13.1. The summed E-state index contributed by atoms with van der Waals surface area (Å²) in [6, 6.07) is 19.4. The Morgan fingerprint density at radius 3 is 2.34 bits per heavy atom. The summed E-state index contributed by atoms with van der Waals surface area (Å²) >= 11 is 6.26. The number of amides is 2. The molecule has 184 valence electrons. The number of hydrogen-bond acceptors (Lipinski definition) is 4. The first-order valence-electron chi connectivity index (χ1n) is 11.3. The number of nitrogens with zero attached hydrogens (tertiary/aromatic N) is 1. The van der Waals surface area contributed by atoms with E-state index in [1.807, 2.05) is 6.92 Å². The van der Waals surface area contributed by atoms with Crippen LogP contribution in [0.3, 0.4) is 0 Å². The Labute approximate surface area is 211 Å². The Morgan fingerprint density at radius 1 is 0.943 bits per heavy atom. The summed E-state index contributed by atoms with van der Waals surface area (Å²) in [6.07, 6.45) is 1.78. The number of carbonyl (C=O) groups excluding carboxylic acids is 2. The Hall–Kier alpha value is -3.36. The van der Waals surface area contributed by atoms with E-state index in [1.54, 1.807) is 67.6 Å². The highest BCUT2D eigenvalue weighted by molar-refractivity contribution is 7.92. The number of rotatable bonds is 10. The van der Waals surface area contributed by atoms with Gasteiger partial charge in [-0.3, -0.25) is 13.9 Å². The van der Waals surface area contributed by atoms with Gasteiger partial charge in [-0.25, -0.2) is 8.42 Å². The van der Waals surface area contributed by atoms with Gasteiger partial charge in [0.2, 0.25) is 5.91 Å². The molecule has 0 unspecified atom stereocenters. The first-order chi connectivity index (χ1) is 16.8. The summed E-state index contributed by atoms with van der Waals surface area (Å²) in [6.45, 7) is 3.73. The van der Waals surface area contributed by atoms with E-state index in [0.717, 1.165) is 17.1 Å². The smallest absolute Gasteiger partial charge is 0.264 e. The zero-order valence-corrected chi connectivity index (χ0v) is 21.2. The fraction of sp³-hybridized carbons (Fsp3) is 0.231. The van der Waals surface area contributed by atoms with Crippen LogP contribution in [-0.2, 0) is 14.8 Å². The van der Waals surface area contributed by atoms with Gasteiger partial charge in [-0.05, 0) is 55.3 Å². The molecule has 0 fully saturated rings. The number of anilines is 2. The van der Waals surface area contributed by atoms with Crippen LogP contribution in [0, 0.1) is 6.92 Å². The second-order valence-electron chi connectivity index (χ2n) is 7.91. The molecule has 7 nitrogen and oxygen atoms in total. The van der Waals surface area contributed by atoms with Gasteiger partial charge in [0.05, 0.1) is 21.8 Å². The van der Waals surface area contributed by atoms with Gasteiger partial charge in [-0.1, -0.05) is 61.3 Å². The molecule has 35 heavy (non-hydrogen) atoms. The lowest BCUT2D eigenvalue weighted by Crippen LogP contribution is -2.39. The van der Waals surface area contributed by atoms with Gasteiger partial charge in [-0.2, -0.15) is 0 Å². The highest BCUT2D eigenvalue weighted by Crippen LogP contribution is 2.31. The number of benzene rings is 3. The van der Waals surface area contributed by atoms with Gasteiger partial charge in [0.25, 0.3) is 15.9 Å². The lowest BCUT2D eigenvalue weighted by atomic mass is 10.1. The molecule has 3 rings (SSSR count). The van der Waals surface area contributed by atoms with E-state index in [1.165, 1.54) is 12.1 Å². The van der Waals surface area contributed by atoms with Crippen molar-refractivity contribution in [2.45, 2.75) is 31.6 Å². The maximum absolute atomic E-state index is 13.5. The Balaban J connectivity index is 1.92. The van der Waals surface area contributed by atoms with Crippen molar-refractivity contribution < 1.29 is 18.0 Å². The van der Waals surface area contributed by atoms with E-state index in [9.17, 15) is 18.0 Å². The maximum atomic E-state index is 13.5. The summed E-state index contributed by atoms with van der Waals surface area (Å²) in [5, 5.41) is 5.91. The fourth-order valence-electron chi connectivity index (χ4n) is 3.47. The van der Waals surface area contributed by atoms with E-state index < -0.39 is 22.5 Å². The zero-order chi connectivity index (χ0) is 25.4. The zero-order valence-electron chi connectivity index (χ0n) is 19.6. The van der Waals surface area contributed by atoms with E-state index in [0.29, 0.717) is 34.1 Å². The molecule has 0 radical (unpaired) electrons. The van der Waals surface area contributed by atoms with Crippen molar-refractivity contribution in [3.05, 3.63) is 88.9 Å². The number of nitrogens with one attached hydrogen (secondary N) is 2. The topological polar surface area (TPSA) is 95.6 Å². The summed E-state index contributed by atoms with van der Waals surface area (Å²) in [4.78, 5) is 25.8. The van der Waals surface area contributed by atoms with Gasteiger partial charge in [0.1, 0.15) is 6.54 Å². The van der Waals surface area contributed by atoms with Crippen LogP contribution in [0.5, 0.6) is 0 Å². The third kappa shape index (κ3) is 6.41. The van der Waals surface area contributed by atoms with Crippen molar-refractivity contribution in [2.75, 3.05) is 22.7 Å². The number of para-hydroxylation sites is 1. The molecule has 0 saturated heterocycles. The van der Waals surface area contributed by atoms with Gasteiger partial charge in [0.15, 0.2) is 0 Å². The van der Waals surface area contributed by atoms with Crippen molar-refractivity contribution in [3.8, 4) is 0 Å². The van der Waals surface area contributed by atoms with Crippen molar-refractivity contribution in [1.82, 2.24) is 5.32 Å². The lowest BCUT2D eigenvalue weighted by Gasteiger charge is -2.26. The van der Waals surface area contributed by atoms with Crippen molar-refractivity contribution >= 4 is 44.8 Å². The third-order valence-electron chi connectivity index (χ3n) is 5.39. The quantitative estimate of drug-likeness (QED) is 0.372. The molecular weight excluding hydrogens is 486 g/mol. The van der Waals surface area contributed by atoms with Gasteiger partial charge in [0, 0.05) is 11.6 Å². The lowest BCUT2D eigenvalue weighted by molar-refractivity contribution is -0.114. The molecule has 0 aliphatic carbocycles. The summed E-state index contributed by atoms with van der Waals surface area (Å²) < 4.78 is 28.1. The second kappa shape index (κ2) is 11.9. The molecular formula is C26H28ClN3O4S. The van der Waals surface area contributed by atoms with Crippen LogP contribution in [0.25, 0.3) is 0 Å². The van der Waals surface area contributed by atoms with Crippen LogP contribution in [0.1, 0.15) is 35.7 Å². The molecule has 0 aromatic heterocycles. The van der Waals surface area contributed by atoms with Crippen LogP contribution >= 0.6 is 11.6 Å². The normalized spacial score (nSPS) is 11.1. The minimum atomic E-state index is -4.09. The summed E-state index contributed by atoms with van der Waals surface area (Å²) in [7, 11) is -4.09. The second-order valence-corrected chi connectivity index (χ2v) is 10.2. The minimum Gasteiger partial charge on any atom is -0.352 e. The number of unbranched alkanes of at least 4 members (excludes halogenated alkanes) is 1. The highest BCUT2D eigenvalue weighted by atomic mass is 35.5. The molecule has 2 amide bonds. The molecule has 0 atom stereocenters. The maximum Gasteiger partial charge on any atom is 0.264 e.